The van der Waals surface area contributed by atoms with Crippen molar-refractivity contribution in [3.63, 3.8) is 0 Å². The van der Waals surface area contributed by atoms with Crippen molar-refractivity contribution in [2.24, 2.45) is 0 Å². The normalized spacial score (nSPS) is 10.4. The molecule has 0 aliphatic carbocycles. The van der Waals surface area contributed by atoms with E-state index in [1.807, 2.05) is 24.4 Å². The van der Waals surface area contributed by atoms with Gasteiger partial charge in [-0.2, -0.15) is 0 Å². The topological polar surface area (TPSA) is 70.5 Å². The number of carbonyl (C=O) groups is 2. The summed E-state index contributed by atoms with van der Waals surface area (Å²) >= 11 is 1.67. The Morgan fingerprint density at radius 2 is 1.95 bits per heavy atom. The van der Waals surface area contributed by atoms with Gasteiger partial charge in [-0.15, -0.1) is 11.3 Å². The fraction of sp³-hybridized carbons (Fsp3) is 0.312. The number of thiophene rings is 1. The van der Waals surface area contributed by atoms with Gasteiger partial charge in [0.15, 0.2) is 0 Å². The van der Waals surface area contributed by atoms with Gasteiger partial charge < -0.3 is 10.0 Å². The third-order valence-electron chi connectivity index (χ3n) is 3.18. The van der Waals surface area contributed by atoms with Gasteiger partial charge in [-0.25, -0.2) is 9.78 Å². The lowest BCUT2D eigenvalue weighted by atomic mass is 10.2. The van der Waals surface area contributed by atoms with E-state index >= 15 is 0 Å². The van der Waals surface area contributed by atoms with Crippen molar-refractivity contribution < 1.29 is 14.7 Å². The van der Waals surface area contributed by atoms with Crippen molar-refractivity contribution in [3.8, 4) is 0 Å². The molecule has 0 atom stereocenters. The molecule has 1 N–H and O–H groups in total. The Balaban J connectivity index is 2.11. The van der Waals surface area contributed by atoms with E-state index < -0.39 is 5.97 Å². The summed E-state index contributed by atoms with van der Waals surface area (Å²) in [5.41, 5.74) is 0.0695. The maximum absolute atomic E-state index is 12.5. The first-order valence-corrected chi connectivity index (χ1v) is 8.01. The van der Waals surface area contributed by atoms with Crippen molar-refractivity contribution in [3.05, 3.63) is 52.0 Å². The Morgan fingerprint density at radius 1 is 1.18 bits per heavy atom. The van der Waals surface area contributed by atoms with Gasteiger partial charge in [0.2, 0.25) is 0 Å². The van der Waals surface area contributed by atoms with E-state index in [9.17, 15) is 9.59 Å². The molecule has 0 aliphatic rings. The molecule has 0 radical (unpaired) electrons. The van der Waals surface area contributed by atoms with Gasteiger partial charge >= 0.3 is 5.97 Å². The smallest absolute Gasteiger partial charge is 0.354 e. The third-order valence-corrected chi connectivity index (χ3v) is 4.11. The summed E-state index contributed by atoms with van der Waals surface area (Å²) in [5, 5.41) is 11.0. The van der Waals surface area contributed by atoms with E-state index in [-0.39, 0.29) is 17.3 Å². The number of carbonyl (C=O) groups excluding carboxylic acids is 1. The molecular weight excluding hydrogens is 300 g/mol. The van der Waals surface area contributed by atoms with Gasteiger partial charge in [0.1, 0.15) is 11.4 Å². The number of aromatic nitrogens is 1. The number of aromatic carboxylic acids is 1. The molecule has 1 amide bonds. The van der Waals surface area contributed by atoms with Gasteiger partial charge in [0, 0.05) is 18.0 Å². The largest absolute Gasteiger partial charge is 0.477 e. The van der Waals surface area contributed by atoms with E-state index in [4.69, 9.17) is 5.11 Å². The number of pyridine rings is 1. The van der Waals surface area contributed by atoms with Crippen LogP contribution in [0.5, 0.6) is 0 Å². The minimum absolute atomic E-state index is 0.111. The summed E-state index contributed by atoms with van der Waals surface area (Å²) in [7, 11) is 0. The minimum Gasteiger partial charge on any atom is -0.477 e. The molecule has 0 unspecified atom stereocenters. The maximum Gasteiger partial charge on any atom is 0.354 e. The Morgan fingerprint density at radius 3 is 2.59 bits per heavy atom. The Bertz CT molecular complexity index is 641. The van der Waals surface area contributed by atoms with Crippen LogP contribution in [0.3, 0.4) is 0 Å². The zero-order valence-electron chi connectivity index (χ0n) is 12.4. The lowest BCUT2D eigenvalue weighted by Crippen LogP contribution is -2.34. The number of nitrogens with zero attached hydrogens (tertiary/aromatic N) is 2. The Labute approximate surface area is 133 Å². The summed E-state index contributed by atoms with van der Waals surface area (Å²) in [6, 6.07) is 8.52. The van der Waals surface area contributed by atoms with Crippen LogP contribution in [0.1, 0.15) is 39.2 Å². The zero-order chi connectivity index (χ0) is 15.9. The first-order valence-electron chi connectivity index (χ1n) is 7.13. The highest BCUT2D eigenvalue weighted by atomic mass is 32.1. The molecule has 2 heterocycles. The molecule has 116 valence electrons. The molecular formula is C16H18N2O3S. The molecule has 0 saturated heterocycles. The summed E-state index contributed by atoms with van der Waals surface area (Å²) in [6.45, 7) is 3.24. The second kappa shape index (κ2) is 7.70. The summed E-state index contributed by atoms with van der Waals surface area (Å²) in [6.07, 6.45) is 1.64. The highest BCUT2D eigenvalue weighted by Gasteiger charge is 2.18. The van der Waals surface area contributed by atoms with Gasteiger partial charge in [0.25, 0.3) is 5.91 Å². The van der Waals surface area contributed by atoms with Crippen LogP contribution in [0, 0.1) is 0 Å². The van der Waals surface area contributed by atoms with Crippen LogP contribution >= 0.6 is 11.3 Å². The number of carboxylic acids is 1. The van der Waals surface area contributed by atoms with E-state index in [1.165, 1.54) is 10.9 Å². The van der Waals surface area contributed by atoms with Crippen LogP contribution in [0.15, 0.2) is 35.7 Å². The average Bonchev–Trinajstić information content (AvgIpc) is 3.04. The minimum atomic E-state index is -1.13. The van der Waals surface area contributed by atoms with E-state index in [2.05, 4.69) is 4.98 Å². The first kappa shape index (κ1) is 16.2. The molecule has 2 aromatic rings. The van der Waals surface area contributed by atoms with Crippen molar-refractivity contribution in [1.29, 1.82) is 0 Å². The van der Waals surface area contributed by atoms with Crippen molar-refractivity contribution in [2.75, 3.05) is 13.1 Å². The summed E-state index contributed by atoms with van der Waals surface area (Å²) in [5.74, 6) is -1.35. The highest BCUT2D eigenvalue weighted by molar-refractivity contribution is 7.09. The van der Waals surface area contributed by atoms with Crippen LogP contribution in [0.4, 0.5) is 0 Å². The van der Waals surface area contributed by atoms with Crippen molar-refractivity contribution in [1.82, 2.24) is 9.88 Å². The highest BCUT2D eigenvalue weighted by Crippen LogP contribution is 2.12. The fourth-order valence-electron chi connectivity index (χ4n) is 2.12. The molecule has 0 aliphatic heterocycles. The standard InChI is InChI=1S/C16H18N2O3S/c1-2-9-18(10-8-12-5-4-11-22-12)15(19)13-6-3-7-14(17-13)16(20)21/h3-7,11H,2,8-10H2,1H3,(H,20,21). The van der Waals surface area contributed by atoms with E-state index in [1.54, 1.807) is 28.4 Å². The van der Waals surface area contributed by atoms with Crippen molar-refractivity contribution in [2.45, 2.75) is 19.8 Å². The van der Waals surface area contributed by atoms with Crippen LogP contribution in [-0.2, 0) is 6.42 Å². The number of carboxylic acid groups (broad SMARTS) is 1. The van der Waals surface area contributed by atoms with Crippen molar-refractivity contribution >= 4 is 23.2 Å². The Kier molecular flexibility index (Phi) is 5.66. The Hall–Kier alpha value is -2.21. The zero-order valence-corrected chi connectivity index (χ0v) is 13.2. The van der Waals surface area contributed by atoms with Gasteiger partial charge in [-0.1, -0.05) is 19.1 Å². The quantitative estimate of drug-likeness (QED) is 0.852. The predicted octanol–water partition coefficient (Wildman–Crippen LogP) is 2.94. The van der Waals surface area contributed by atoms with Crippen LogP contribution < -0.4 is 0 Å². The second-order valence-corrected chi connectivity index (χ2v) is 5.87. The van der Waals surface area contributed by atoms with Gasteiger partial charge in [0.05, 0.1) is 0 Å². The molecule has 0 fully saturated rings. The first-order chi connectivity index (χ1) is 10.6. The molecule has 0 aromatic carbocycles. The SMILES string of the molecule is CCCN(CCc1cccs1)C(=O)c1cccc(C(=O)O)n1. The maximum atomic E-state index is 12.5. The molecule has 0 saturated carbocycles. The third kappa shape index (κ3) is 4.14. The molecule has 2 aromatic heterocycles. The number of rotatable bonds is 7. The molecule has 0 bridgehead atoms. The lowest BCUT2D eigenvalue weighted by Gasteiger charge is -2.21. The molecule has 0 spiro atoms. The number of amides is 1. The van der Waals surface area contributed by atoms with Crippen LogP contribution in [-0.4, -0.2) is 40.0 Å². The lowest BCUT2D eigenvalue weighted by molar-refractivity contribution is 0.0690. The molecule has 6 heteroatoms. The van der Waals surface area contributed by atoms with Gasteiger partial charge in [-0.05, 0) is 36.4 Å². The predicted molar refractivity (Wildman–Crippen MR) is 85.4 cm³/mol. The fourth-order valence-corrected chi connectivity index (χ4v) is 2.82. The van der Waals surface area contributed by atoms with Gasteiger partial charge in [-0.3, -0.25) is 4.79 Å². The van der Waals surface area contributed by atoms with E-state index in [0.717, 1.165) is 12.8 Å². The number of hydrogen-bond donors (Lipinski definition) is 1. The number of hydrogen-bond acceptors (Lipinski definition) is 4. The van der Waals surface area contributed by atoms with Crippen LogP contribution in [0.25, 0.3) is 0 Å². The summed E-state index contributed by atoms with van der Waals surface area (Å²) < 4.78 is 0. The molecule has 22 heavy (non-hydrogen) atoms. The monoisotopic (exact) mass is 318 g/mol. The van der Waals surface area contributed by atoms with Crippen LogP contribution in [0.2, 0.25) is 0 Å². The van der Waals surface area contributed by atoms with E-state index in [0.29, 0.717) is 13.1 Å². The summed E-state index contributed by atoms with van der Waals surface area (Å²) in [4.78, 5) is 30.4. The molecule has 2 rings (SSSR count). The second-order valence-electron chi connectivity index (χ2n) is 4.83. The molecule has 5 nitrogen and oxygen atoms in total. The average molecular weight is 318 g/mol.